The van der Waals surface area contributed by atoms with Gasteiger partial charge in [-0.1, -0.05) is 18.2 Å². The highest BCUT2D eigenvalue weighted by atomic mass is 32.2. The van der Waals surface area contributed by atoms with Gasteiger partial charge >= 0.3 is 0 Å². The van der Waals surface area contributed by atoms with Crippen molar-refractivity contribution in [2.75, 3.05) is 0 Å². The molecule has 0 spiro atoms. The van der Waals surface area contributed by atoms with Crippen molar-refractivity contribution in [3.63, 3.8) is 0 Å². The van der Waals surface area contributed by atoms with Crippen molar-refractivity contribution in [2.45, 2.75) is 24.8 Å². The zero-order valence-electron chi connectivity index (χ0n) is 9.75. The van der Waals surface area contributed by atoms with Gasteiger partial charge in [-0.25, -0.2) is 8.42 Å². The molecule has 0 amide bonds. The maximum Gasteiger partial charge on any atom is 0.206 e. The Bertz CT molecular complexity index is 582. The Labute approximate surface area is 101 Å². The van der Waals surface area contributed by atoms with Crippen molar-refractivity contribution in [3.05, 3.63) is 53.1 Å². The Morgan fingerprint density at radius 3 is 2.59 bits per heavy atom. The van der Waals surface area contributed by atoms with E-state index in [1.807, 2.05) is 6.07 Å². The first kappa shape index (κ1) is 11.9. The standard InChI is InChI=1S/C13H14O3S/c1-10-5-3-4-6-13(10)17(14,15)12-7-8-16-11(2)9-12/h3-9,11H,1-2H3. The highest BCUT2D eigenvalue weighted by molar-refractivity contribution is 7.95. The van der Waals surface area contributed by atoms with E-state index in [4.69, 9.17) is 4.74 Å². The monoisotopic (exact) mass is 250 g/mol. The van der Waals surface area contributed by atoms with Crippen LogP contribution >= 0.6 is 0 Å². The van der Waals surface area contributed by atoms with Gasteiger partial charge in [-0.3, -0.25) is 0 Å². The van der Waals surface area contributed by atoms with Gasteiger partial charge in [-0.15, -0.1) is 0 Å². The quantitative estimate of drug-likeness (QED) is 0.810. The molecule has 2 rings (SSSR count). The molecule has 1 aromatic carbocycles. The first-order valence-electron chi connectivity index (χ1n) is 5.36. The average molecular weight is 250 g/mol. The summed E-state index contributed by atoms with van der Waals surface area (Å²) >= 11 is 0. The molecule has 0 saturated heterocycles. The van der Waals surface area contributed by atoms with E-state index in [1.165, 1.54) is 12.3 Å². The molecule has 4 heteroatoms. The summed E-state index contributed by atoms with van der Waals surface area (Å²) in [6.07, 6.45) is 4.31. The van der Waals surface area contributed by atoms with Crippen LogP contribution in [0.25, 0.3) is 0 Å². The molecule has 0 fully saturated rings. The van der Waals surface area contributed by atoms with E-state index in [2.05, 4.69) is 0 Å². The van der Waals surface area contributed by atoms with Crippen LogP contribution in [0.1, 0.15) is 12.5 Å². The highest BCUT2D eigenvalue weighted by Crippen LogP contribution is 2.25. The van der Waals surface area contributed by atoms with Crippen LogP contribution in [0.3, 0.4) is 0 Å². The number of rotatable bonds is 2. The van der Waals surface area contributed by atoms with Crippen molar-refractivity contribution in [1.82, 2.24) is 0 Å². The van der Waals surface area contributed by atoms with Crippen molar-refractivity contribution in [2.24, 2.45) is 0 Å². The maximum atomic E-state index is 12.4. The summed E-state index contributed by atoms with van der Waals surface area (Å²) in [5, 5.41) is 0. The topological polar surface area (TPSA) is 43.4 Å². The van der Waals surface area contributed by atoms with E-state index in [0.717, 1.165) is 5.56 Å². The first-order valence-corrected chi connectivity index (χ1v) is 6.84. The Morgan fingerprint density at radius 1 is 1.24 bits per heavy atom. The van der Waals surface area contributed by atoms with Crippen LogP contribution in [-0.2, 0) is 14.6 Å². The van der Waals surface area contributed by atoms with Crippen LogP contribution in [0.5, 0.6) is 0 Å². The van der Waals surface area contributed by atoms with Crippen LogP contribution in [0, 0.1) is 6.92 Å². The molecule has 0 aromatic heterocycles. The van der Waals surface area contributed by atoms with Gasteiger partial charge in [0.1, 0.15) is 6.10 Å². The van der Waals surface area contributed by atoms with E-state index >= 15 is 0 Å². The van der Waals surface area contributed by atoms with E-state index in [9.17, 15) is 8.42 Å². The third kappa shape index (κ3) is 2.26. The second-order valence-corrected chi connectivity index (χ2v) is 5.90. The lowest BCUT2D eigenvalue weighted by atomic mass is 10.2. The van der Waals surface area contributed by atoms with Crippen molar-refractivity contribution >= 4 is 9.84 Å². The Balaban J connectivity index is 2.52. The molecule has 0 bridgehead atoms. The molecule has 0 radical (unpaired) electrons. The van der Waals surface area contributed by atoms with Gasteiger partial charge in [-0.05, 0) is 37.6 Å². The van der Waals surface area contributed by atoms with E-state index in [-0.39, 0.29) is 6.10 Å². The van der Waals surface area contributed by atoms with Gasteiger partial charge < -0.3 is 4.74 Å². The zero-order valence-corrected chi connectivity index (χ0v) is 10.6. The maximum absolute atomic E-state index is 12.4. The van der Waals surface area contributed by atoms with Crippen molar-refractivity contribution in [3.8, 4) is 0 Å². The summed E-state index contributed by atoms with van der Waals surface area (Å²) in [7, 11) is -3.43. The molecule has 0 N–H and O–H groups in total. The van der Waals surface area contributed by atoms with Crippen molar-refractivity contribution < 1.29 is 13.2 Å². The van der Waals surface area contributed by atoms with Crippen LogP contribution in [0.2, 0.25) is 0 Å². The fourth-order valence-electron chi connectivity index (χ4n) is 1.72. The lowest BCUT2D eigenvalue weighted by Crippen LogP contribution is -2.12. The predicted octanol–water partition coefficient (Wildman–Crippen LogP) is 2.59. The largest absolute Gasteiger partial charge is 0.494 e. The molecule has 0 aliphatic carbocycles. The summed E-state index contributed by atoms with van der Waals surface area (Å²) in [6, 6.07) is 6.97. The summed E-state index contributed by atoms with van der Waals surface area (Å²) < 4.78 is 29.9. The highest BCUT2D eigenvalue weighted by Gasteiger charge is 2.22. The Kier molecular flexibility index (Phi) is 3.07. The third-order valence-electron chi connectivity index (χ3n) is 2.62. The molecule has 17 heavy (non-hydrogen) atoms. The normalized spacial score (nSPS) is 19.6. The smallest absolute Gasteiger partial charge is 0.206 e. The SMILES string of the molecule is Cc1ccccc1S(=O)(=O)C1=CC(C)OC=C1. The Morgan fingerprint density at radius 2 is 1.94 bits per heavy atom. The molecule has 3 nitrogen and oxygen atoms in total. The minimum absolute atomic E-state index is 0.214. The number of benzene rings is 1. The summed E-state index contributed by atoms with van der Waals surface area (Å²) in [6.45, 7) is 3.59. The fraction of sp³-hybridized carbons (Fsp3) is 0.231. The second-order valence-electron chi connectivity index (χ2n) is 3.98. The number of allylic oxidation sites excluding steroid dienone is 1. The fourth-order valence-corrected chi connectivity index (χ4v) is 3.33. The van der Waals surface area contributed by atoms with Gasteiger partial charge in [0.2, 0.25) is 9.84 Å². The molecular weight excluding hydrogens is 236 g/mol. The second kappa shape index (κ2) is 4.37. The number of ether oxygens (including phenoxy) is 1. The number of hydrogen-bond donors (Lipinski definition) is 0. The molecule has 1 unspecified atom stereocenters. The summed E-state index contributed by atoms with van der Waals surface area (Å²) in [5.41, 5.74) is 0.751. The lowest BCUT2D eigenvalue weighted by Gasteiger charge is -2.15. The predicted molar refractivity (Wildman–Crippen MR) is 66.1 cm³/mol. The first-order chi connectivity index (χ1) is 8.01. The van der Waals surface area contributed by atoms with Gasteiger partial charge in [0, 0.05) is 0 Å². The van der Waals surface area contributed by atoms with E-state index in [0.29, 0.717) is 9.80 Å². The zero-order chi connectivity index (χ0) is 12.5. The molecule has 1 aliphatic heterocycles. The van der Waals surface area contributed by atoms with E-state index < -0.39 is 9.84 Å². The van der Waals surface area contributed by atoms with Crippen LogP contribution < -0.4 is 0 Å². The minimum atomic E-state index is -3.43. The summed E-state index contributed by atoms with van der Waals surface area (Å²) in [4.78, 5) is 0.649. The third-order valence-corrected chi connectivity index (χ3v) is 4.55. The molecular formula is C13H14O3S. The van der Waals surface area contributed by atoms with Crippen LogP contribution in [-0.4, -0.2) is 14.5 Å². The van der Waals surface area contributed by atoms with Crippen molar-refractivity contribution in [1.29, 1.82) is 0 Å². The number of sulfone groups is 1. The van der Waals surface area contributed by atoms with E-state index in [1.54, 1.807) is 38.1 Å². The van der Waals surface area contributed by atoms with Gasteiger partial charge in [-0.2, -0.15) is 0 Å². The lowest BCUT2D eigenvalue weighted by molar-refractivity contribution is 0.200. The van der Waals surface area contributed by atoms with Crippen LogP contribution in [0.4, 0.5) is 0 Å². The number of hydrogen-bond acceptors (Lipinski definition) is 3. The molecule has 90 valence electrons. The summed E-state index contributed by atoms with van der Waals surface area (Å²) in [5.74, 6) is 0. The minimum Gasteiger partial charge on any atom is -0.494 e. The van der Waals surface area contributed by atoms with Gasteiger partial charge in [0.15, 0.2) is 0 Å². The molecule has 1 atom stereocenters. The molecule has 1 aliphatic rings. The Hall–Kier alpha value is -1.55. The molecule has 1 aromatic rings. The average Bonchev–Trinajstić information content (AvgIpc) is 2.29. The van der Waals surface area contributed by atoms with Gasteiger partial charge in [0.05, 0.1) is 16.1 Å². The molecule has 0 saturated carbocycles. The van der Waals surface area contributed by atoms with Gasteiger partial charge in [0.25, 0.3) is 0 Å². The molecule has 1 heterocycles. The number of aryl methyl sites for hydroxylation is 1. The van der Waals surface area contributed by atoms with Crippen LogP contribution in [0.15, 0.2) is 52.5 Å².